The summed E-state index contributed by atoms with van der Waals surface area (Å²) in [6.07, 6.45) is 9.56. The molecule has 0 bridgehead atoms. The van der Waals surface area contributed by atoms with Crippen LogP contribution < -0.4 is 0 Å². The maximum Gasteiger partial charge on any atom is 0.305 e. The Balaban J connectivity index is 3.67. The number of methoxy groups -OCH3 is 1. The minimum absolute atomic E-state index is 0.163. The normalized spacial score (nSPS) is 12.2. The Morgan fingerprint density at radius 3 is 1.89 bits per heavy atom. The van der Waals surface area contributed by atoms with Gasteiger partial charge in [0.25, 0.3) is 0 Å². The third-order valence-corrected chi connectivity index (χ3v) is 4.69. The highest BCUT2D eigenvalue weighted by Gasteiger charge is 2.11. The summed E-state index contributed by atoms with van der Waals surface area (Å²) in [4.78, 5) is 23.4. The lowest BCUT2D eigenvalue weighted by atomic mass is 9.96. The van der Waals surface area contributed by atoms with Gasteiger partial charge < -0.3 is 14.2 Å². The van der Waals surface area contributed by atoms with Crippen LogP contribution in [-0.4, -0.2) is 38.9 Å². The van der Waals surface area contributed by atoms with Gasteiger partial charge in [0.15, 0.2) is 0 Å². The first-order chi connectivity index (χ1) is 13.0. The first kappa shape index (κ1) is 25.9. The summed E-state index contributed by atoms with van der Waals surface area (Å²) >= 11 is 0. The number of carbonyl (C=O) groups is 2. The van der Waals surface area contributed by atoms with Gasteiger partial charge in [-0.1, -0.05) is 40.0 Å². The zero-order valence-electron chi connectivity index (χ0n) is 18.1. The van der Waals surface area contributed by atoms with Crippen LogP contribution in [0.3, 0.4) is 0 Å². The first-order valence-electron chi connectivity index (χ1n) is 10.8. The molecule has 0 N–H and O–H groups in total. The van der Waals surface area contributed by atoms with Gasteiger partial charge in [-0.25, -0.2) is 0 Å². The van der Waals surface area contributed by atoms with Crippen LogP contribution in [0.25, 0.3) is 0 Å². The average molecular weight is 387 g/mol. The van der Waals surface area contributed by atoms with Crippen molar-refractivity contribution in [2.24, 2.45) is 11.8 Å². The number of carbonyl (C=O) groups excluding carboxylic acids is 2. The van der Waals surface area contributed by atoms with Crippen LogP contribution in [0.2, 0.25) is 0 Å². The summed E-state index contributed by atoms with van der Waals surface area (Å²) in [6.45, 7) is 8.25. The average Bonchev–Trinajstić information content (AvgIpc) is 2.64. The monoisotopic (exact) mass is 386 g/mol. The summed E-state index contributed by atoms with van der Waals surface area (Å²) in [7, 11) is 1.72. The van der Waals surface area contributed by atoms with E-state index in [-0.39, 0.29) is 11.9 Å². The molecule has 1 unspecified atom stereocenters. The van der Waals surface area contributed by atoms with Gasteiger partial charge in [-0.05, 0) is 50.4 Å². The van der Waals surface area contributed by atoms with E-state index in [1.54, 1.807) is 7.11 Å². The predicted octanol–water partition coefficient (Wildman–Crippen LogP) is 5.30. The Hall–Kier alpha value is -1.10. The minimum Gasteiger partial charge on any atom is -0.466 e. The summed E-state index contributed by atoms with van der Waals surface area (Å²) in [5.74, 6) is 0.866. The van der Waals surface area contributed by atoms with Gasteiger partial charge in [0.1, 0.15) is 0 Å². The Bertz CT molecular complexity index is 360. The van der Waals surface area contributed by atoms with E-state index in [9.17, 15) is 9.59 Å². The molecule has 0 amide bonds. The fourth-order valence-corrected chi connectivity index (χ4v) is 2.91. The Morgan fingerprint density at radius 2 is 1.33 bits per heavy atom. The summed E-state index contributed by atoms with van der Waals surface area (Å²) in [6, 6.07) is 0. The van der Waals surface area contributed by atoms with Gasteiger partial charge >= 0.3 is 11.9 Å². The lowest BCUT2D eigenvalue weighted by molar-refractivity contribution is -0.146. The van der Waals surface area contributed by atoms with E-state index in [2.05, 4.69) is 20.8 Å². The first-order valence-corrected chi connectivity index (χ1v) is 10.8. The van der Waals surface area contributed by atoms with Crippen molar-refractivity contribution in [1.29, 1.82) is 0 Å². The lowest BCUT2D eigenvalue weighted by Gasteiger charge is -2.16. The van der Waals surface area contributed by atoms with Crippen molar-refractivity contribution < 1.29 is 23.8 Å². The van der Waals surface area contributed by atoms with Crippen molar-refractivity contribution in [3.8, 4) is 0 Å². The SMILES string of the molecule is CCCCC(CCOC)CCOC(=O)CCCCC(=O)OCCCC(C)C. The van der Waals surface area contributed by atoms with Crippen molar-refractivity contribution in [1.82, 2.24) is 0 Å². The zero-order valence-corrected chi connectivity index (χ0v) is 18.1. The van der Waals surface area contributed by atoms with Crippen molar-refractivity contribution >= 4 is 11.9 Å². The van der Waals surface area contributed by atoms with E-state index in [0.29, 0.717) is 50.7 Å². The highest BCUT2D eigenvalue weighted by Crippen LogP contribution is 2.17. The number of hydrogen-bond acceptors (Lipinski definition) is 5. The van der Waals surface area contributed by atoms with Gasteiger partial charge in [-0.3, -0.25) is 9.59 Å². The molecule has 0 saturated heterocycles. The molecule has 0 aromatic heterocycles. The van der Waals surface area contributed by atoms with E-state index >= 15 is 0 Å². The fraction of sp³-hybridized carbons (Fsp3) is 0.909. The molecule has 0 aliphatic heterocycles. The second kappa shape index (κ2) is 18.3. The number of esters is 2. The van der Waals surface area contributed by atoms with Gasteiger partial charge in [-0.2, -0.15) is 0 Å². The van der Waals surface area contributed by atoms with Crippen LogP contribution in [0.1, 0.15) is 91.4 Å². The molecule has 0 aliphatic carbocycles. The van der Waals surface area contributed by atoms with Crippen LogP contribution in [0, 0.1) is 11.8 Å². The largest absolute Gasteiger partial charge is 0.466 e. The summed E-state index contributed by atoms with van der Waals surface area (Å²) < 4.78 is 15.7. The molecule has 160 valence electrons. The molecule has 5 nitrogen and oxygen atoms in total. The smallest absolute Gasteiger partial charge is 0.305 e. The maximum absolute atomic E-state index is 11.8. The Morgan fingerprint density at radius 1 is 0.741 bits per heavy atom. The quantitative estimate of drug-likeness (QED) is 0.236. The van der Waals surface area contributed by atoms with Crippen molar-refractivity contribution in [2.75, 3.05) is 26.9 Å². The lowest BCUT2D eigenvalue weighted by Crippen LogP contribution is -2.12. The molecule has 0 aromatic carbocycles. The van der Waals surface area contributed by atoms with E-state index in [1.807, 2.05) is 0 Å². The molecule has 0 fully saturated rings. The molecule has 0 radical (unpaired) electrons. The van der Waals surface area contributed by atoms with Crippen LogP contribution in [0.5, 0.6) is 0 Å². The van der Waals surface area contributed by atoms with Crippen LogP contribution in [0.4, 0.5) is 0 Å². The van der Waals surface area contributed by atoms with E-state index in [0.717, 1.165) is 38.7 Å². The molecule has 0 heterocycles. The van der Waals surface area contributed by atoms with Gasteiger partial charge in [-0.15, -0.1) is 0 Å². The molecule has 1 atom stereocenters. The number of rotatable bonds is 18. The molecule has 0 aromatic rings. The van der Waals surface area contributed by atoms with Crippen molar-refractivity contribution in [3.63, 3.8) is 0 Å². The maximum atomic E-state index is 11.8. The Labute approximate surface area is 166 Å². The van der Waals surface area contributed by atoms with E-state index < -0.39 is 0 Å². The molecule has 5 heteroatoms. The summed E-state index contributed by atoms with van der Waals surface area (Å²) in [5, 5.41) is 0. The molecular formula is C22H42O5. The number of unbranched alkanes of at least 4 members (excludes halogenated alkanes) is 2. The van der Waals surface area contributed by atoms with E-state index in [1.165, 1.54) is 12.8 Å². The number of ether oxygens (including phenoxy) is 3. The van der Waals surface area contributed by atoms with Crippen LogP contribution >= 0.6 is 0 Å². The molecule has 0 aliphatic rings. The van der Waals surface area contributed by atoms with Gasteiger partial charge in [0.2, 0.25) is 0 Å². The molecular weight excluding hydrogens is 344 g/mol. The summed E-state index contributed by atoms with van der Waals surface area (Å²) in [5.41, 5.74) is 0. The van der Waals surface area contributed by atoms with Crippen molar-refractivity contribution in [3.05, 3.63) is 0 Å². The molecule has 27 heavy (non-hydrogen) atoms. The minimum atomic E-state index is -0.165. The van der Waals surface area contributed by atoms with Crippen LogP contribution in [0.15, 0.2) is 0 Å². The standard InChI is InChI=1S/C22H42O5/c1-5-6-11-20(14-17-25-4)15-18-27-22(24)13-8-7-12-21(23)26-16-9-10-19(2)3/h19-20H,5-18H2,1-4H3. The second-order valence-corrected chi connectivity index (χ2v) is 7.76. The third kappa shape index (κ3) is 18.0. The van der Waals surface area contributed by atoms with Crippen LogP contribution in [-0.2, 0) is 23.8 Å². The third-order valence-electron chi connectivity index (χ3n) is 4.69. The highest BCUT2D eigenvalue weighted by atomic mass is 16.5. The van der Waals surface area contributed by atoms with Crippen molar-refractivity contribution in [2.45, 2.75) is 91.4 Å². The Kier molecular flexibility index (Phi) is 17.5. The second-order valence-electron chi connectivity index (χ2n) is 7.76. The van der Waals surface area contributed by atoms with Gasteiger partial charge in [0, 0.05) is 26.6 Å². The topological polar surface area (TPSA) is 61.8 Å². The molecule has 0 spiro atoms. The highest BCUT2D eigenvalue weighted by molar-refractivity contribution is 5.70. The molecule has 0 rings (SSSR count). The predicted molar refractivity (Wildman–Crippen MR) is 109 cm³/mol. The zero-order chi connectivity index (χ0) is 20.3. The van der Waals surface area contributed by atoms with Gasteiger partial charge in [0.05, 0.1) is 13.2 Å². The molecule has 0 saturated carbocycles. The van der Waals surface area contributed by atoms with E-state index in [4.69, 9.17) is 14.2 Å². The fourth-order valence-electron chi connectivity index (χ4n) is 2.91. The number of hydrogen-bond donors (Lipinski definition) is 0.